The maximum atomic E-state index is 14.1. The van der Waals surface area contributed by atoms with Crippen LogP contribution in [0.4, 0.5) is 0 Å². The molecule has 4 nitrogen and oxygen atoms in total. The van der Waals surface area contributed by atoms with E-state index < -0.39 is 0 Å². The monoisotopic (exact) mass is 454 g/mol. The van der Waals surface area contributed by atoms with Crippen LogP contribution >= 0.6 is 0 Å². The summed E-state index contributed by atoms with van der Waals surface area (Å²) in [5.74, 6) is 0.116. The number of hydrogen-bond donors (Lipinski definition) is 1. The lowest BCUT2D eigenvalue weighted by molar-refractivity contribution is -0.162. The van der Waals surface area contributed by atoms with Crippen LogP contribution in [0.3, 0.4) is 0 Å². The van der Waals surface area contributed by atoms with Gasteiger partial charge in [-0.3, -0.25) is 4.79 Å². The maximum Gasteiger partial charge on any atom is 0.254 e. The van der Waals surface area contributed by atoms with Crippen molar-refractivity contribution in [2.24, 2.45) is 0 Å². The van der Waals surface area contributed by atoms with Crippen molar-refractivity contribution in [2.45, 2.75) is 50.4 Å². The van der Waals surface area contributed by atoms with Crippen molar-refractivity contribution in [1.29, 1.82) is 0 Å². The fourth-order valence-electron chi connectivity index (χ4n) is 5.73. The zero-order valence-electron chi connectivity index (χ0n) is 20.0. The molecule has 5 rings (SSSR count). The van der Waals surface area contributed by atoms with Crippen LogP contribution in [0.25, 0.3) is 11.1 Å². The van der Waals surface area contributed by atoms with Gasteiger partial charge in [-0.2, -0.15) is 0 Å². The van der Waals surface area contributed by atoms with Crippen LogP contribution in [0.2, 0.25) is 0 Å². The van der Waals surface area contributed by atoms with E-state index >= 15 is 0 Å². The summed E-state index contributed by atoms with van der Waals surface area (Å²) < 4.78 is 6.83. The van der Waals surface area contributed by atoms with Crippen molar-refractivity contribution >= 4 is 5.91 Å². The highest BCUT2D eigenvalue weighted by Gasteiger charge is 2.45. The van der Waals surface area contributed by atoms with Gasteiger partial charge in [0.2, 0.25) is 0 Å². The third-order valence-electron chi connectivity index (χ3n) is 7.46. The van der Waals surface area contributed by atoms with Gasteiger partial charge in [-0.1, -0.05) is 78.9 Å². The third kappa shape index (κ3) is 4.66. The van der Waals surface area contributed by atoms with Crippen molar-refractivity contribution in [2.75, 3.05) is 19.6 Å². The number of piperidine rings is 1. The number of rotatable bonds is 5. The SMILES string of the molecule is CCN(C(=O)c1ccccc1-c1ccccc1)[C@H]1C[C@H](c2ccccc2)OC2(CCNCC2)C1. The summed E-state index contributed by atoms with van der Waals surface area (Å²) >= 11 is 0. The summed E-state index contributed by atoms with van der Waals surface area (Å²) in [6.07, 6.45) is 3.69. The molecule has 2 aliphatic rings. The molecule has 0 aromatic heterocycles. The summed E-state index contributed by atoms with van der Waals surface area (Å²) in [6, 6.07) is 28.9. The van der Waals surface area contributed by atoms with Crippen molar-refractivity contribution in [3.63, 3.8) is 0 Å². The van der Waals surface area contributed by atoms with Crippen LogP contribution in [-0.4, -0.2) is 42.1 Å². The molecule has 1 N–H and O–H groups in total. The minimum absolute atomic E-state index is 0.00395. The largest absolute Gasteiger partial charge is 0.367 e. The van der Waals surface area contributed by atoms with Crippen molar-refractivity contribution in [1.82, 2.24) is 10.2 Å². The van der Waals surface area contributed by atoms with Gasteiger partial charge in [-0.15, -0.1) is 0 Å². The molecule has 2 heterocycles. The highest BCUT2D eigenvalue weighted by atomic mass is 16.5. The van der Waals surface area contributed by atoms with Gasteiger partial charge in [0.1, 0.15) is 0 Å². The third-order valence-corrected chi connectivity index (χ3v) is 7.46. The van der Waals surface area contributed by atoms with Crippen LogP contribution in [0.5, 0.6) is 0 Å². The Hall–Kier alpha value is -2.95. The summed E-state index contributed by atoms with van der Waals surface area (Å²) in [7, 11) is 0. The Balaban J connectivity index is 1.48. The smallest absolute Gasteiger partial charge is 0.254 e. The van der Waals surface area contributed by atoms with E-state index in [1.54, 1.807) is 0 Å². The summed E-state index contributed by atoms with van der Waals surface area (Å²) in [5.41, 5.74) is 3.87. The van der Waals surface area contributed by atoms with Crippen LogP contribution < -0.4 is 5.32 Å². The molecule has 34 heavy (non-hydrogen) atoms. The number of ether oxygens (including phenoxy) is 1. The van der Waals surface area contributed by atoms with Crippen LogP contribution in [-0.2, 0) is 4.74 Å². The maximum absolute atomic E-state index is 14.1. The molecular formula is C30H34N2O2. The van der Waals surface area contributed by atoms with Gasteiger partial charge in [0.05, 0.1) is 11.7 Å². The van der Waals surface area contributed by atoms with E-state index in [0.29, 0.717) is 6.54 Å². The number of hydrogen-bond acceptors (Lipinski definition) is 3. The topological polar surface area (TPSA) is 41.6 Å². The van der Waals surface area contributed by atoms with Gasteiger partial charge in [0.25, 0.3) is 5.91 Å². The number of nitrogens with one attached hydrogen (secondary N) is 1. The molecular weight excluding hydrogens is 420 g/mol. The van der Waals surface area contributed by atoms with Gasteiger partial charge >= 0.3 is 0 Å². The standard InChI is InChI=1S/C30H34N2O2/c1-2-32(29(33)27-16-10-9-15-26(27)23-11-5-3-6-12-23)25-21-28(24-13-7-4-8-14-24)34-30(22-25)17-19-31-20-18-30/h3-16,25,28,31H,2,17-22H2,1H3/t25-,28+/m0/s1. The quantitative estimate of drug-likeness (QED) is 0.525. The Labute approximate surface area is 202 Å². The minimum Gasteiger partial charge on any atom is -0.367 e. The molecule has 2 atom stereocenters. The molecule has 4 heteroatoms. The van der Waals surface area contributed by atoms with Gasteiger partial charge < -0.3 is 15.0 Å². The van der Waals surface area contributed by atoms with Gasteiger partial charge in [-0.05, 0) is 68.5 Å². The molecule has 0 radical (unpaired) electrons. The minimum atomic E-state index is -0.179. The van der Waals surface area contributed by atoms with Gasteiger partial charge in [-0.25, -0.2) is 0 Å². The first-order valence-electron chi connectivity index (χ1n) is 12.6. The second-order valence-corrected chi connectivity index (χ2v) is 9.55. The predicted molar refractivity (Wildman–Crippen MR) is 137 cm³/mol. The van der Waals surface area contributed by atoms with Crippen LogP contribution in [0, 0.1) is 0 Å². The number of benzene rings is 3. The Kier molecular flexibility index (Phi) is 6.80. The molecule has 0 saturated carbocycles. The normalized spacial score (nSPS) is 21.8. The predicted octanol–water partition coefficient (Wildman–Crippen LogP) is 5.86. The molecule has 3 aromatic rings. The Morgan fingerprint density at radius 1 is 0.941 bits per heavy atom. The molecule has 0 aliphatic carbocycles. The van der Waals surface area contributed by atoms with Gasteiger partial charge in [0.15, 0.2) is 0 Å². The number of carbonyl (C=O) groups is 1. The molecule has 1 spiro atoms. The highest BCUT2D eigenvalue weighted by molar-refractivity contribution is 6.01. The second-order valence-electron chi connectivity index (χ2n) is 9.55. The van der Waals surface area contributed by atoms with E-state index in [1.807, 2.05) is 42.5 Å². The molecule has 2 saturated heterocycles. The van der Waals surface area contributed by atoms with E-state index in [0.717, 1.165) is 55.5 Å². The zero-order chi connectivity index (χ0) is 23.4. The first kappa shape index (κ1) is 22.8. The first-order chi connectivity index (χ1) is 16.7. The average Bonchev–Trinajstić information content (AvgIpc) is 2.90. The van der Waals surface area contributed by atoms with Gasteiger partial charge in [0, 0.05) is 18.2 Å². The Morgan fingerprint density at radius 2 is 1.59 bits per heavy atom. The zero-order valence-corrected chi connectivity index (χ0v) is 20.0. The molecule has 3 aromatic carbocycles. The molecule has 0 unspecified atom stereocenters. The lowest BCUT2D eigenvalue weighted by atomic mass is 9.79. The second kappa shape index (κ2) is 10.1. The molecule has 2 aliphatic heterocycles. The van der Waals surface area contributed by atoms with Crippen molar-refractivity contribution in [3.05, 3.63) is 96.1 Å². The van der Waals surface area contributed by atoms with Crippen molar-refractivity contribution < 1.29 is 9.53 Å². The van der Waals surface area contributed by atoms with Crippen LogP contribution in [0.1, 0.15) is 54.6 Å². The fraction of sp³-hybridized carbons (Fsp3) is 0.367. The average molecular weight is 455 g/mol. The number of amides is 1. The molecule has 0 bridgehead atoms. The molecule has 1 amide bonds. The van der Waals surface area contributed by atoms with Crippen molar-refractivity contribution in [3.8, 4) is 11.1 Å². The van der Waals surface area contributed by atoms with E-state index in [2.05, 4.69) is 59.6 Å². The summed E-state index contributed by atoms with van der Waals surface area (Å²) in [5, 5.41) is 3.48. The summed E-state index contributed by atoms with van der Waals surface area (Å²) in [4.78, 5) is 16.2. The molecule has 2 fully saturated rings. The molecule has 176 valence electrons. The Bertz CT molecular complexity index is 1090. The van der Waals surface area contributed by atoms with E-state index in [-0.39, 0.29) is 23.7 Å². The van der Waals surface area contributed by atoms with E-state index in [9.17, 15) is 4.79 Å². The van der Waals surface area contributed by atoms with Crippen LogP contribution in [0.15, 0.2) is 84.9 Å². The fourth-order valence-corrected chi connectivity index (χ4v) is 5.73. The lowest BCUT2D eigenvalue weighted by Crippen LogP contribution is -2.54. The number of carbonyl (C=O) groups excluding carboxylic acids is 1. The lowest BCUT2D eigenvalue weighted by Gasteiger charge is -2.49. The van der Waals surface area contributed by atoms with E-state index in [1.165, 1.54) is 5.56 Å². The summed E-state index contributed by atoms with van der Waals surface area (Å²) in [6.45, 7) is 4.71. The number of nitrogens with zero attached hydrogens (tertiary/aromatic N) is 1. The first-order valence-corrected chi connectivity index (χ1v) is 12.6. The highest BCUT2D eigenvalue weighted by Crippen LogP contribution is 2.44. The van der Waals surface area contributed by atoms with E-state index in [4.69, 9.17) is 4.74 Å². The Morgan fingerprint density at radius 3 is 2.29 bits per heavy atom.